The number of aromatic nitrogens is 2. The van der Waals surface area contributed by atoms with Crippen molar-refractivity contribution in [3.8, 4) is 0 Å². The summed E-state index contributed by atoms with van der Waals surface area (Å²) >= 11 is 0. The fraction of sp³-hybridized carbons (Fsp3) is 0.429. The van der Waals surface area contributed by atoms with Crippen LogP contribution >= 0.6 is 0 Å². The molecule has 0 saturated carbocycles. The highest BCUT2D eigenvalue weighted by Crippen LogP contribution is 2.35. The van der Waals surface area contributed by atoms with E-state index >= 15 is 0 Å². The lowest BCUT2D eigenvalue weighted by Crippen LogP contribution is -2.42. The zero-order valence-electron chi connectivity index (χ0n) is 11.3. The Kier molecular flexibility index (Phi) is 3.35. The van der Waals surface area contributed by atoms with E-state index in [0.29, 0.717) is 35.4 Å². The van der Waals surface area contributed by atoms with E-state index in [-0.39, 0.29) is 13.0 Å². The summed E-state index contributed by atoms with van der Waals surface area (Å²) in [6.07, 6.45) is -2.12. The number of benzene rings is 1. The first-order valence-corrected chi connectivity index (χ1v) is 6.77. The summed E-state index contributed by atoms with van der Waals surface area (Å²) in [5.41, 5.74) is 6.99. The van der Waals surface area contributed by atoms with Gasteiger partial charge in [0.2, 0.25) is 0 Å². The molecule has 2 N–H and O–H groups in total. The number of nitrogens with zero attached hydrogens (tertiary/aromatic N) is 3. The Hall–Kier alpha value is -2.05. The molecule has 2 heterocycles. The molecule has 1 aliphatic heterocycles. The van der Waals surface area contributed by atoms with Crippen molar-refractivity contribution in [3.05, 3.63) is 24.5 Å². The number of fused-ring (bicyclic) bond motifs is 1. The quantitative estimate of drug-likeness (QED) is 0.822. The van der Waals surface area contributed by atoms with Crippen molar-refractivity contribution in [1.29, 1.82) is 0 Å². The zero-order valence-corrected chi connectivity index (χ0v) is 11.3. The van der Waals surface area contributed by atoms with E-state index in [4.69, 9.17) is 5.73 Å². The number of halogens is 3. The van der Waals surface area contributed by atoms with Gasteiger partial charge in [-0.05, 0) is 31.0 Å². The van der Waals surface area contributed by atoms with Gasteiger partial charge < -0.3 is 10.6 Å². The molecule has 1 saturated heterocycles. The fourth-order valence-corrected chi connectivity index (χ4v) is 2.75. The average molecular weight is 296 g/mol. The first-order valence-electron chi connectivity index (χ1n) is 6.77. The number of anilines is 2. The summed E-state index contributed by atoms with van der Waals surface area (Å²) in [4.78, 5) is 10.00. The maximum Gasteiger partial charge on any atom is 0.393 e. The Bertz CT molecular complexity index is 656. The molecule has 112 valence electrons. The van der Waals surface area contributed by atoms with Gasteiger partial charge in [0.05, 0.1) is 11.4 Å². The Morgan fingerprint density at radius 1 is 1.24 bits per heavy atom. The summed E-state index contributed by atoms with van der Waals surface area (Å²) in [6.45, 7) is 0.498. The van der Waals surface area contributed by atoms with E-state index in [1.165, 1.54) is 6.33 Å². The van der Waals surface area contributed by atoms with Crippen LogP contribution in [0.4, 0.5) is 24.7 Å². The van der Waals surface area contributed by atoms with E-state index in [0.717, 1.165) is 0 Å². The molecule has 0 amide bonds. The van der Waals surface area contributed by atoms with Crippen molar-refractivity contribution in [3.63, 3.8) is 0 Å². The van der Waals surface area contributed by atoms with E-state index in [2.05, 4.69) is 9.97 Å². The highest BCUT2D eigenvalue weighted by molar-refractivity contribution is 5.91. The second-order valence-corrected chi connectivity index (χ2v) is 5.30. The van der Waals surface area contributed by atoms with Gasteiger partial charge in [-0.25, -0.2) is 9.97 Å². The van der Waals surface area contributed by atoms with Gasteiger partial charge in [0.1, 0.15) is 12.1 Å². The van der Waals surface area contributed by atoms with Crippen LogP contribution in [0.1, 0.15) is 12.8 Å². The van der Waals surface area contributed by atoms with Gasteiger partial charge >= 0.3 is 6.18 Å². The number of piperidine rings is 1. The van der Waals surface area contributed by atoms with Crippen LogP contribution in [0.25, 0.3) is 10.9 Å². The molecule has 3 rings (SSSR count). The van der Waals surface area contributed by atoms with Gasteiger partial charge in [-0.3, -0.25) is 0 Å². The SMILES string of the molecule is Nc1ccc2ncnc(N3CCCC(C(F)(F)F)C3)c2c1. The second-order valence-electron chi connectivity index (χ2n) is 5.30. The van der Waals surface area contributed by atoms with Crippen LogP contribution < -0.4 is 10.6 Å². The molecule has 0 aliphatic carbocycles. The van der Waals surface area contributed by atoms with Crippen molar-refractivity contribution in [2.45, 2.75) is 19.0 Å². The Morgan fingerprint density at radius 2 is 2.05 bits per heavy atom. The second kappa shape index (κ2) is 5.05. The summed E-state index contributed by atoms with van der Waals surface area (Å²) < 4.78 is 38.8. The molecule has 1 unspecified atom stereocenters. The first-order chi connectivity index (χ1) is 9.95. The van der Waals surface area contributed by atoms with Crippen LogP contribution in [0.5, 0.6) is 0 Å². The first kappa shape index (κ1) is 13.9. The Morgan fingerprint density at radius 3 is 2.81 bits per heavy atom. The predicted molar refractivity (Wildman–Crippen MR) is 74.9 cm³/mol. The van der Waals surface area contributed by atoms with Crippen molar-refractivity contribution < 1.29 is 13.2 Å². The molecule has 0 spiro atoms. The molecule has 0 radical (unpaired) electrons. The molecule has 7 heteroatoms. The smallest absolute Gasteiger partial charge is 0.393 e. The number of rotatable bonds is 1. The van der Waals surface area contributed by atoms with Crippen molar-refractivity contribution >= 4 is 22.4 Å². The summed E-state index contributed by atoms with van der Waals surface area (Å²) in [5.74, 6) is -0.779. The molecule has 1 fully saturated rings. The van der Waals surface area contributed by atoms with E-state index in [1.807, 2.05) is 0 Å². The van der Waals surface area contributed by atoms with E-state index in [9.17, 15) is 13.2 Å². The third-order valence-electron chi connectivity index (χ3n) is 3.82. The molecule has 2 aromatic rings. The van der Waals surface area contributed by atoms with Crippen molar-refractivity contribution in [2.24, 2.45) is 5.92 Å². The van der Waals surface area contributed by atoms with Gasteiger partial charge in [-0.2, -0.15) is 13.2 Å². The van der Waals surface area contributed by atoms with Crippen LogP contribution in [-0.4, -0.2) is 29.2 Å². The Labute approximate surface area is 119 Å². The standard InChI is InChI=1S/C14H15F3N4/c15-14(16,17)9-2-1-5-21(7-9)13-11-6-10(18)3-4-12(11)19-8-20-13/h3-4,6,8-9H,1-2,5,7,18H2. The maximum absolute atomic E-state index is 12.9. The molecule has 21 heavy (non-hydrogen) atoms. The predicted octanol–water partition coefficient (Wildman–Crippen LogP) is 2.99. The van der Waals surface area contributed by atoms with Crippen LogP contribution in [0, 0.1) is 5.92 Å². The third-order valence-corrected chi connectivity index (χ3v) is 3.82. The number of nitrogens with two attached hydrogens (primary N) is 1. The normalized spacial score (nSPS) is 20.0. The monoisotopic (exact) mass is 296 g/mol. The van der Waals surface area contributed by atoms with Crippen LogP contribution in [0.15, 0.2) is 24.5 Å². The number of hydrogen-bond acceptors (Lipinski definition) is 4. The number of alkyl halides is 3. The minimum Gasteiger partial charge on any atom is -0.399 e. The lowest BCUT2D eigenvalue weighted by atomic mass is 9.97. The largest absolute Gasteiger partial charge is 0.399 e. The lowest BCUT2D eigenvalue weighted by Gasteiger charge is -2.34. The van der Waals surface area contributed by atoms with Gasteiger partial charge in [-0.15, -0.1) is 0 Å². The minimum atomic E-state index is -4.17. The van der Waals surface area contributed by atoms with E-state index < -0.39 is 12.1 Å². The summed E-state index contributed by atoms with van der Waals surface area (Å²) in [5, 5.41) is 0.695. The van der Waals surface area contributed by atoms with Gasteiger partial charge in [0, 0.05) is 24.2 Å². The third kappa shape index (κ3) is 2.72. The molecule has 1 aromatic carbocycles. The average Bonchev–Trinajstić information content (AvgIpc) is 2.46. The molecular weight excluding hydrogens is 281 g/mol. The molecule has 1 aliphatic rings. The lowest BCUT2D eigenvalue weighted by molar-refractivity contribution is -0.176. The molecule has 0 bridgehead atoms. The van der Waals surface area contributed by atoms with Crippen LogP contribution in [0.2, 0.25) is 0 Å². The maximum atomic E-state index is 12.9. The molecule has 1 atom stereocenters. The molecule has 1 aromatic heterocycles. The highest BCUT2D eigenvalue weighted by Gasteiger charge is 2.42. The van der Waals surface area contributed by atoms with Gasteiger partial charge in [0.15, 0.2) is 0 Å². The minimum absolute atomic E-state index is 0.0651. The van der Waals surface area contributed by atoms with Gasteiger partial charge in [-0.1, -0.05) is 0 Å². The summed E-state index contributed by atoms with van der Waals surface area (Å²) in [7, 11) is 0. The van der Waals surface area contributed by atoms with E-state index in [1.54, 1.807) is 23.1 Å². The number of hydrogen-bond donors (Lipinski definition) is 1. The summed E-state index contributed by atoms with van der Waals surface area (Å²) in [6, 6.07) is 5.18. The van der Waals surface area contributed by atoms with Crippen LogP contribution in [-0.2, 0) is 0 Å². The van der Waals surface area contributed by atoms with Crippen LogP contribution in [0.3, 0.4) is 0 Å². The Balaban J connectivity index is 1.98. The fourth-order valence-electron chi connectivity index (χ4n) is 2.75. The number of nitrogen functional groups attached to an aromatic ring is 1. The molecule has 4 nitrogen and oxygen atoms in total. The zero-order chi connectivity index (χ0) is 15.0. The van der Waals surface area contributed by atoms with Gasteiger partial charge in [0.25, 0.3) is 0 Å². The molecular formula is C14H15F3N4. The highest BCUT2D eigenvalue weighted by atomic mass is 19.4. The van der Waals surface area contributed by atoms with Crippen molar-refractivity contribution in [2.75, 3.05) is 23.7 Å². The topological polar surface area (TPSA) is 55.0 Å². The van der Waals surface area contributed by atoms with Crippen molar-refractivity contribution in [1.82, 2.24) is 9.97 Å².